The molecule has 0 saturated heterocycles. The van der Waals surface area contributed by atoms with Gasteiger partial charge in [-0.1, -0.05) is 139 Å². The number of nitrogens with zero attached hydrogens (tertiary/aromatic N) is 4. The van der Waals surface area contributed by atoms with Gasteiger partial charge in [0.2, 0.25) is 0 Å². The summed E-state index contributed by atoms with van der Waals surface area (Å²) < 4.78 is 7.48. The van der Waals surface area contributed by atoms with E-state index >= 15 is 0 Å². The fraction of sp³-hybridized carbons (Fsp3) is 0.127. The number of benzene rings is 9. The van der Waals surface area contributed by atoms with Gasteiger partial charge in [0.1, 0.15) is 5.65 Å². The molecule has 318 valence electrons. The summed E-state index contributed by atoms with van der Waals surface area (Å²) in [6, 6.07) is 64.1. The predicted octanol–water partition coefficient (Wildman–Crippen LogP) is 17.0. The minimum Gasteiger partial charge on any atom is -0.309 e. The van der Waals surface area contributed by atoms with E-state index < -0.39 is 0 Å². The van der Waals surface area contributed by atoms with Gasteiger partial charge in [-0.25, -0.2) is 4.98 Å². The second-order valence-corrected chi connectivity index (χ2v) is 21.2. The van der Waals surface area contributed by atoms with Crippen LogP contribution in [0.15, 0.2) is 170 Å². The molecule has 67 heavy (non-hydrogen) atoms. The molecule has 0 atom stereocenters. The van der Waals surface area contributed by atoms with E-state index in [1.165, 1.54) is 125 Å². The first kappa shape index (κ1) is 37.3. The van der Waals surface area contributed by atoms with E-state index in [9.17, 15) is 0 Å². The Morgan fingerprint density at radius 2 is 0.985 bits per heavy atom. The van der Waals surface area contributed by atoms with Crippen molar-refractivity contribution in [3.05, 3.63) is 181 Å². The standard InChI is InChI=1S/C63H46N4/c1-62(2,3)38-25-27-53-45(31-38)46-32-39(63(4,5)6)33-47-48-34-54-57(64-61(48)67(53)58(46)47)50-29-36-17-11-13-21-42(36)56-49-28-35-16-10-12-20-41(35)55(59(49)66(54)60(50)56)37-24-26-52-44(30-37)43-22-14-15-23-51(43)65(52)40-18-8-7-9-19-40/h7-34H,1-6H3. The molecule has 9 aromatic carbocycles. The van der Waals surface area contributed by atoms with Crippen LogP contribution < -0.4 is 0 Å². The van der Waals surface area contributed by atoms with Crippen molar-refractivity contribution in [2.75, 3.05) is 0 Å². The highest BCUT2D eigenvalue weighted by atomic mass is 15.0. The Labute approximate surface area is 386 Å². The Bertz CT molecular complexity index is 4620. The van der Waals surface area contributed by atoms with Gasteiger partial charge in [-0.15, -0.1) is 0 Å². The normalized spacial score (nSPS) is 13.2. The van der Waals surface area contributed by atoms with Crippen LogP contribution in [0.25, 0.3) is 137 Å². The number of pyridine rings is 1. The summed E-state index contributed by atoms with van der Waals surface area (Å²) in [4.78, 5) is 5.90. The van der Waals surface area contributed by atoms with E-state index in [1.807, 2.05) is 0 Å². The van der Waals surface area contributed by atoms with Crippen LogP contribution in [0.1, 0.15) is 52.7 Å². The zero-order chi connectivity index (χ0) is 44.8. The molecular weight excluding hydrogens is 813 g/mol. The van der Waals surface area contributed by atoms with Crippen molar-refractivity contribution in [2.45, 2.75) is 52.4 Å². The van der Waals surface area contributed by atoms with E-state index in [0.29, 0.717) is 0 Å². The number of para-hydroxylation sites is 2. The molecule has 0 N–H and O–H groups in total. The third-order valence-electron chi connectivity index (χ3n) is 15.3. The molecular formula is C63H46N4. The molecule has 6 aromatic heterocycles. The molecule has 0 aliphatic rings. The second kappa shape index (κ2) is 12.5. The highest BCUT2D eigenvalue weighted by Crippen LogP contribution is 2.50. The Balaban J connectivity index is 1.13. The van der Waals surface area contributed by atoms with Crippen LogP contribution in [0.3, 0.4) is 0 Å². The average Bonchev–Trinajstić information content (AvgIpc) is 4.12. The molecule has 0 aliphatic carbocycles. The SMILES string of the molecule is CC(C)(C)c1ccc2c(c1)c1cc(C(C)(C)C)cc3c4cc5c(nc4n2c13)c1cc2ccccc2c2c3cc4ccccc4c(-c4ccc6c(c4)c4ccccc4n6-c4ccccc4)c3n5c12. The Hall–Kier alpha value is -7.95. The lowest BCUT2D eigenvalue weighted by Crippen LogP contribution is -2.11. The maximum Gasteiger partial charge on any atom is 0.146 e. The molecule has 0 amide bonds. The Morgan fingerprint density at radius 1 is 0.373 bits per heavy atom. The molecule has 15 rings (SSSR count). The van der Waals surface area contributed by atoms with Crippen molar-refractivity contribution in [1.29, 1.82) is 0 Å². The van der Waals surface area contributed by atoms with Crippen molar-refractivity contribution < 1.29 is 0 Å². The topological polar surface area (TPSA) is 26.6 Å². The van der Waals surface area contributed by atoms with Gasteiger partial charge in [0, 0.05) is 59.7 Å². The van der Waals surface area contributed by atoms with Gasteiger partial charge in [-0.3, -0.25) is 4.40 Å². The van der Waals surface area contributed by atoms with Gasteiger partial charge in [-0.2, -0.15) is 0 Å². The molecule has 0 radical (unpaired) electrons. The van der Waals surface area contributed by atoms with Gasteiger partial charge >= 0.3 is 0 Å². The van der Waals surface area contributed by atoms with Crippen LogP contribution in [0, 0.1) is 0 Å². The number of hydrogen-bond donors (Lipinski definition) is 0. The lowest BCUT2D eigenvalue weighted by atomic mass is 9.84. The first-order valence-corrected chi connectivity index (χ1v) is 23.7. The van der Waals surface area contributed by atoms with Crippen molar-refractivity contribution in [3.8, 4) is 16.8 Å². The van der Waals surface area contributed by atoms with Crippen LogP contribution in [-0.4, -0.2) is 18.4 Å². The van der Waals surface area contributed by atoms with Crippen LogP contribution in [0.4, 0.5) is 0 Å². The smallest absolute Gasteiger partial charge is 0.146 e. The second-order valence-electron chi connectivity index (χ2n) is 21.2. The molecule has 0 spiro atoms. The van der Waals surface area contributed by atoms with Crippen molar-refractivity contribution in [2.24, 2.45) is 0 Å². The van der Waals surface area contributed by atoms with Gasteiger partial charge in [-0.05, 0) is 122 Å². The van der Waals surface area contributed by atoms with Crippen LogP contribution in [0.5, 0.6) is 0 Å². The molecule has 0 saturated carbocycles. The summed E-state index contributed by atoms with van der Waals surface area (Å²) in [5, 5.41) is 16.3. The van der Waals surface area contributed by atoms with Gasteiger partial charge < -0.3 is 8.97 Å². The first-order chi connectivity index (χ1) is 32.5. The molecule has 0 unspecified atom stereocenters. The highest BCUT2D eigenvalue weighted by molar-refractivity contribution is 6.35. The number of hydrogen-bond acceptors (Lipinski definition) is 1. The zero-order valence-electron chi connectivity index (χ0n) is 38.5. The summed E-state index contributed by atoms with van der Waals surface area (Å²) in [5.41, 5.74) is 16.8. The van der Waals surface area contributed by atoms with Crippen LogP contribution in [-0.2, 0) is 10.8 Å². The van der Waals surface area contributed by atoms with Gasteiger partial charge in [0.05, 0.1) is 44.1 Å². The molecule has 0 fully saturated rings. The predicted molar refractivity (Wildman–Crippen MR) is 286 cm³/mol. The first-order valence-electron chi connectivity index (χ1n) is 23.7. The van der Waals surface area contributed by atoms with Crippen molar-refractivity contribution in [1.82, 2.24) is 18.4 Å². The Morgan fingerprint density at radius 3 is 1.76 bits per heavy atom. The maximum atomic E-state index is 5.90. The molecule has 4 nitrogen and oxygen atoms in total. The average molecular weight is 859 g/mol. The van der Waals surface area contributed by atoms with E-state index in [4.69, 9.17) is 4.98 Å². The summed E-state index contributed by atoms with van der Waals surface area (Å²) in [5.74, 6) is 0. The van der Waals surface area contributed by atoms with Crippen LogP contribution in [0.2, 0.25) is 0 Å². The summed E-state index contributed by atoms with van der Waals surface area (Å²) >= 11 is 0. The fourth-order valence-corrected chi connectivity index (χ4v) is 12.1. The largest absolute Gasteiger partial charge is 0.309 e. The minimum absolute atomic E-state index is 0.0306. The summed E-state index contributed by atoms with van der Waals surface area (Å²) in [7, 11) is 0. The highest BCUT2D eigenvalue weighted by Gasteiger charge is 2.29. The molecule has 4 heteroatoms. The monoisotopic (exact) mass is 858 g/mol. The molecule has 0 aliphatic heterocycles. The quantitative estimate of drug-likeness (QED) is 0.170. The fourth-order valence-electron chi connectivity index (χ4n) is 12.1. The maximum absolute atomic E-state index is 5.90. The van der Waals surface area contributed by atoms with Crippen LogP contribution >= 0.6 is 0 Å². The number of fused-ring (bicyclic) bond motifs is 18. The molecule has 0 bridgehead atoms. The van der Waals surface area contributed by atoms with E-state index in [0.717, 1.165) is 22.4 Å². The third-order valence-corrected chi connectivity index (χ3v) is 15.3. The van der Waals surface area contributed by atoms with Gasteiger partial charge in [0.15, 0.2) is 0 Å². The van der Waals surface area contributed by atoms with E-state index in [-0.39, 0.29) is 10.8 Å². The molecule has 15 aromatic rings. The Kier molecular flexibility index (Phi) is 6.94. The minimum atomic E-state index is -0.0444. The summed E-state index contributed by atoms with van der Waals surface area (Å²) in [6.45, 7) is 13.9. The lowest BCUT2D eigenvalue weighted by molar-refractivity contribution is 0.590. The third kappa shape index (κ3) is 4.79. The van der Waals surface area contributed by atoms with E-state index in [1.54, 1.807) is 0 Å². The zero-order valence-corrected chi connectivity index (χ0v) is 38.5. The van der Waals surface area contributed by atoms with Crippen molar-refractivity contribution in [3.63, 3.8) is 0 Å². The van der Waals surface area contributed by atoms with Crippen molar-refractivity contribution >= 4 is 120 Å². The van der Waals surface area contributed by atoms with Gasteiger partial charge in [0.25, 0.3) is 0 Å². The number of aromatic nitrogens is 4. The number of rotatable bonds is 2. The lowest BCUT2D eigenvalue weighted by Gasteiger charge is -2.20. The molecule has 6 heterocycles. The van der Waals surface area contributed by atoms with E-state index in [2.05, 4.69) is 225 Å². The summed E-state index contributed by atoms with van der Waals surface area (Å²) in [6.07, 6.45) is 0.